The number of nitrogens with zero attached hydrogens (tertiary/aromatic N) is 4. The molecule has 1 aliphatic rings. The van der Waals surface area contributed by atoms with Crippen molar-refractivity contribution in [3.8, 4) is 17.1 Å². The minimum atomic E-state index is -4.65. The maximum absolute atomic E-state index is 13.8. The lowest BCUT2D eigenvalue weighted by Crippen LogP contribution is -2.55. The summed E-state index contributed by atoms with van der Waals surface area (Å²) in [6, 6.07) is 10.8. The van der Waals surface area contributed by atoms with Gasteiger partial charge in [-0.3, -0.25) is 9.59 Å². The number of rotatable bonds is 10. The second kappa shape index (κ2) is 13.9. The van der Waals surface area contributed by atoms with E-state index in [2.05, 4.69) is 10.3 Å². The van der Waals surface area contributed by atoms with E-state index in [-0.39, 0.29) is 36.3 Å². The maximum Gasteiger partial charge on any atom is 0.417 e. The zero-order valence-electron chi connectivity index (χ0n) is 25.0. The monoisotopic (exact) mass is 597 g/mol. The molecule has 4 rings (SSSR count). The van der Waals surface area contributed by atoms with E-state index in [0.717, 1.165) is 18.9 Å². The minimum absolute atomic E-state index is 0.191. The number of ether oxygens (including phenoxy) is 1. The predicted octanol–water partition coefficient (Wildman–Crippen LogP) is 6.14. The van der Waals surface area contributed by atoms with Crippen molar-refractivity contribution in [3.05, 3.63) is 71.0 Å². The Balaban J connectivity index is 1.67. The summed E-state index contributed by atoms with van der Waals surface area (Å²) in [6.07, 6.45) is -0.692. The van der Waals surface area contributed by atoms with Crippen molar-refractivity contribution in [1.29, 1.82) is 0 Å². The maximum atomic E-state index is 13.8. The fourth-order valence-corrected chi connectivity index (χ4v) is 5.26. The average molecular weight is 598 g/mol. The summed E-state index contributed by atoms with van der Waals surface area (Å²) in [5, 5.41) is 2.96. The van der Waals surface area contributed by atoms with Gasteiger partial charge in [0.15, 0.2) is 5.69 Å². The van der Waals surface area contributed by atoms with Crippen LogP contribution in [0, 0.1) is 6.92 Å². The molecule has 1 aromatic carbocycles. The van der Waals surface area contributed by atoms with Gasteiger partial charge in [0.25, 0.3) is 11.8 Å². The van der Waals surface area contributed by atoms with Crippen LogP contribution in [0.5, 0.6) is 5.88 Å². The van der Waals surface area contributed by atoms with Gasteiger partial charge in [-0.1, -0.05) is 31.9 Å². The number of pyridine rings is 2. The molecule has 0 saturated carbocycles. The zero-order chi connectivity index (χ0) is 31.1. The van der Waals surface area contributed by atoms with E-state index in [1.54, 1.807) is 19.2 Å². The molecule has 0 spiro atoms. The zero-order valence-corrected chi connectivity index (χ0v) is 25.0. The Bertz CT molecular complexity index is 1450. The number of hydrogen-bond acceptors (Lipinski definition) is 6. The predicted molar refractivity (Wildman–Crippen MR) is 159 cm³/mol. The first-order valence-corrected chi connectivity index (χ1v) is 14.7. The summed E-state index contributed by atoms with van der Waals surface area (Å²) in [7, 11) is 0. The van der Waals surface area contributed by atoms with Crippen molar-refractivity contribution in [2.75, 3.05) is 37.7 Å². The molecule has 2 amide bonds. The van der Waals surface area contributed by atoms with Crippen LogP contribution in [0.1, 0.15) is 72.0 Å². The largest absolute Gasteiger partial charge is 0.477 e. The fraction of sp³-hybridized carbons (Fsp3) is 0.438. The highest BCUT2D eigenvalue weighted by atomic mass is 19.4. The summed E-state index contributed by atoms with van der Waals surface area (Å²) >= 11 is 0. The van der Waals surface area contributed by atoms with Gasteiger partial charge < -0.3 is 19.9 Å². The van der Waals surface area contributed by atoms with Crippen LogP contribution in [0.2, 0.25) is 0 Å². The summed E-state index contributed by atoms with van der Waals surface area (Å²) in [6.45, 7) is 9.05. The SMILES string of the molecule is CCCCNC(=O)c1nc(-c2cccnc2OCC)ccc1N1CCN(C(=O)c2ccc(C)cc2C(F)(F)F)C[C@H]1CC. The number of aromatic nitrogens is 2. The molecule has 1 saturated heterocycles. The van der Waals surface area contributed by atoms with E-state index >= 15 is 0 Å². The second-order valence-corrected chi connectivity index (χ2v) is 10.5. The van der Waals surface area contributed by atoms with Gasteiger partial charge in [-0.05, 0) is 63.1 Å². The number of piperazine rings is 1. The summed E-state index contributed by atoms with van der Waals surface area (Å²) in [4.78, 5) is 39.5. The highest BCUT2D eigenvalue weighted by Gasteiger charge is 2.38. The van der Waals surface area contributed by atoms with Crippen LogP contribution in [0.4, 0.5) is 18.9 Å². The first-order valence-electron chi connectivity index (χ1n) is 14.7. The van der Waals surface area contributed by atoms with E-state index < -0.39 is 17.6 Å². The van der Waals surface area contributed by atoms with Gasteiger partial charge in [-0.15, -0.1) is 0 Å². The van der Waals surface area contributed by atoms with Crippen molar-refractivity contribution in [3.63, 3.8) is 0 Å². The number of nitrogens with one attached hydrogen (secondary N) is 1. The van der Waals surface area contributed by atoms with Crippen LogP contribution in [-0.2, 0) is 6.18 Å². The number of alkyl halides is 3. The van der Waals surface area contributed by atoms with Crippen LogP contribution in [0.15, 0.2) is 48.7 Å². The highest BCUT2D eigenvalue weighted by Crippen LogP contribution is 2.35. The lowest BCUT2D eigenvalue weighted by Gasteiger charge is -2.43. The van der Waals surface area contributed by atoms with Crippen LogP contribution in [0.25, 0.3) is 11.3 Å². The van der Waals surface area contributed by atoms with E-state index in [0.29, 0.717) is 54.5 Å². The van der Waals surface area contributed by atoms with Crippen LogP contribution in [0.3, 0.4) is 0 Å². The summed E-state index contributed by atoms with van der Waals surface area (Å²) in [5.41, 5.74) is 1.16. The number of hydrogen-bond donors (Lipinski definition) is 1. The minimum Gasteiger partial charge on any atom is -0.477 e. The van der Waals surface area contributed by atoms with Gasteiger partial charge in [-0.25, -0.2) is 9.97 Å². The molecule has 1 N–H and O–H groups in total. The molecule has 0 aliphatic carbocycles. The van der Waals surface area contributed by atoms with Gasteiger partial charge in [0, 0.05) is 38.4 Å². The summed E-state index contributed by atoms with van der Waals surface area (Å²) in [5.74, 6) is -0.568. The van der Waals surface area contributed by atoms with Crippen molar-refractivity contribution >= 4 is 17.5 Å². The molecule has 1 aliphatic heterocycles. The van der Waals surface area contributed by atoms with Gasteiger partial charge in [0.1, 0.15) is 0 Å². The Kier molecular flexibility index (Phi) is 10.3. The van der Waals surface area contributed by atoms with Crippen molar-refractivity contribution < 1.29 is 27.5 Å². The second-order valence-electron chi connectivity index (χ2n) is 10.5. The molecule has 0 radical (unpaired) electrons. The van der Waals surface area contributed by atoms with Gasteiger partial charge in [0.05, 0.1) is 34.7 Å². The third-order valence-electron chi connectivity index (χ3n) is 7.49. The molecule has 8 nitrogen and oxygen atoms in total. The van der Waals surface area contributed by atoms with Crippen LogP contribution >= 0.6 is 0 Å². The Labute approximate surface area is 250 Å². The quantitative estimate of drug-likeness (QED) is 0.283. The number of halogens is 3. The molecule has 0 bridgehead atoms. The number of anilines is 1. The lowest BCUT2D eigenvalue weighted by molar-refractivity contribution is -0.138. The molecular formula is C32H38F3N5O3. The van der Waals surface area contributed by atoms with Gasteiger partial charge >= 0.3 is 6.18 Å². The number of carbonyl (C=O) groups excluding carboxylic acids is 2. The van der Waals surface area contributed by atoms with Crippen molar-refractivity contribution in [2.45, 2.75) is 59.2 Å². The Morgan fingerprint density at radius 2 is 1.88 bits per heavy atom. The lowest BCUT2D eigenvalue weighted by atomic mass is 10.0. The molecular weight excluding hydrogens is 559 g/mol. The average Bonchev–Trinajstić information content (AvgIpc) is 3.00. The third kappa shape index (κ3) is 7.26. The Hall–Kier alpha value is -4.15. The molecule has 1 fully saturated rings. The molecule has 43 heavy (non-hydrogen) atoms. The Morgan fingerprint density at radius 1 is 1.09 bits per heavy atom. The van der Waals surface area contributed by atoms with E-state index in [1.165, 1.54) is 17.0 Å². The number of carbonyl (C=O) groups is 2. The van der Waals surface area contributed by atoms with Crippen LogP contribution in [-0.4, -0.2) is 65.5 Å². The first-order chi connectivity index (χ1) is 20.6. The number of benzene rings is 1. The molecule has 2 aromatic heterocycles. The molecule has 11 heteroatoms. The van der Waals surface area contributed by atoms with Crippen molar-refractivity contribution in [2.24, 2.45) is 0 Å². The smallest absolute Gasteiger partial charge is 0.417 e. The van der Waals surface area contributed by atoms with Crippen LogP contribution < -0.4 is 15.0 Å². The van der Waals surface area contributed by atoms with Gasteiger partial charge in [-0.2, -0.15) is 13.2 Å². The van der Waals surface area contributed by atoms with E-state index in [4.69, 9.17) is 9.72 Å². The van der Waals surface area contributed by atoms with Gasteiger partial charge in [0.2, 0.25) is 5.88 Å². The fourth-order valence-electron chi connectivity index (χ4n) is 5.26. The third-order valence-corrected chi connectivity index (χ3v) is 7.49. The standard InChI is InChI=1S/C32H38F3N5O3/c1-5-8-15-36-29(41)28-27(14-13-26(38-28)24-10-9-16-37-30(24)43-7-3)40-18-17-39(20-22(40)6-2)31(42)23-12-11-21(4)19-25(23)32(33,34)35/h9-14,16,19,22H,5-8,15,17-18,20H2,1-4H3,(H,36,41)/t22-/m1/s1. The van der Waals surface area contributed by atoms with E-state index in [9.17, 15) is 22.8 Å². The molecule has 3 aromatic rings. The first kappa shape index (κ1) is 31.8. The summed E-state index contributed by atoms with van der Waals surface area (Å²) < 4.78 is 47.1. The molecule has 1 atom stereocenters. The Morgan fingerprint density at radius 3 is 2.58 bits per heavy atom. The molecule has 3 heterocycles. The number of amides is 2. The number of unbranched alkanes of at least 4 members (excludes halogenated alkanes) is 1. The normalized spacial score (nSPS) is 15.4. The van der Waals surface area contributed by atoms with Crippen molar-refractivity contribution in [1.82, 2.24) is 20.2 Å². The highest BCUT2D eigenvalue weighted by molar-refractivity contribution is 5.99. The number of aryl methyl sites for hydroxylation is 1. The molecule has 230 valence electrons. The topological polar surface area (TPSA) is 87.7 Å². The molecule has 0 unspecified atom stereocenters. The van der Waals surface area contributed by atoms with E-state index in [1.807, 2.05) is 43.9 Å².